The molecule has 2 aliphatic rings. The van der Waals surface area contributed by atoms with Crippen molar-refractivity contribution in [1.82, 2.24) is 0 Å². The highest BCUT2D eigenvalue weighted by atomic mass is 15.1. The van der Waals surface area contributed by atoms with Crippen molar-refractivity contribution in [3.05, 3.63) is 7.05 Å². The molecule has 2 unspecified atom stereocenters. The topological polar surface area (TPSA) is 4.44 Å². The number of likely N-dealkylation sites (tertiary alicyclic amines) is 1. The van der Waals surface area contributed by atoms with Gasteiger partial charge in [0.15, 0.2) is 0 Å². The first-order valence-corrected chi connectivity index (χ1v) is 4.53. The highest BCUT2D eigenvalue weighted by Gasteiger charge is 2.33. The third-order valence-electron chi connectivity index (χ3n) is 3.17. The average molecular weight is 139 g/mol. The van der Waals surface area contributed by atoms with Crippen LogP contribution in [-0.2, 0) is 0 Å². The Morgan fingerprint density at radius 1 is 1.00 bits per heavy atom. The summed E-state index contributed by atoms with van der Waals surface area (Å²) in [5.41, 5.74) is 0. The zero-order valence-electron chi connectivity index (χ0n) is 6.60. The van der Waals surface area contributed by atoms with Crippen molar-refractivity contribution >= 4 is 0 Å². The minimum absolute atomic E-state index is 1.04. The summed E-state index contributed by atoms with van der Waals surface area (Å²) in [5.74, 6) is 2.09. The summed E-state index contributed by atoms with van der Waals surface area (Å²) in [5, 5.41) is 0. The minimum atomic E-state index is 1.04. The van der Waals surface area contributed by atoms with E-state index in [2.05, 4.69) is 7.05 Å². The van der Waals surface area contributed by atoms with Crippen LogP contribution in [0.2, 0.25) is 0 Å². The maximum atomic E-state index is 4.08. The van der Waals surface area contributed by atoms with Gasteiger partial charge in [-0.05, 0) is 12.8 Å². The number of hydrogen-bond acceptors (Lipinski definition) is 0. The Morgan fingerprint density at radius 3 is 2.00 bits per heavy atom. The molecule has 10 heavy (non-hydrogen) atoms. The zero-order valence-corrected chi connectivity index (χ0v) is 6.60. The van der Waals surface area contributed by atoms with Gasteiger partial charge in [-0.1, -0.05) is 12.8 Å². The summed E-state index contributed by atoms with van der Waals surface area (Å²) in [4.78, 5) is 1.52. The molecule has 0 radical (unpaired) electrons. The summed E-state index contributed by atoms with van der Waals surface area (Å²) in [7, 11) is 4.08. The van der Waals surface area contributed by atoms with E-state index in [1.165, 1.54) is 43.7 Å². The molecule has 2 atom stereocenters. The lowest BCUT2D eigenvalue weighted by Crippen LogP contribution is -3.05. The summed E-state index contributed by atoms with van der Waals surface area (Å²) >= 11 is 0. The van der Waals surface area contributed by atoms with Crippen molar-refractivity contribution in [2.45, 2.75) is 25.7 Å². The minimum Gasteiger partial charge on any atom is -0.467 e. The van der Waals surface area contributed by atoms with Gasteiger partial charge in [0, 0.05) is 11.8 Å². The van der Waals surface area contributed by atoms with E-state index in [0.717, 1.165) is 11.8 Å². The predicted molar refractivity (Wildman–Crippen MR) is 41.5 cm³/mol. The third kappa shape index (κ3) is 1.07. The number of fused-ring (bicyclic) bond motifs is 1. The van der Waals surface area contributed by atoms with E-state index in [9.17, 15) is 0 Å². The monoisotopic (exact) mass is 139 g/mol. The van der Waals surface area contributed by atoms with E-state index in [1.54, 1.807) is 0 Å². The molecule has 2 rings (SSSR count). The molecule has 0 aromatic rings. The van der Waals surface area contributed by atoms with Gasteiger partial charge in [-0.25, -0.2) is 0 Å². The van der Waals surface area contributed by atoms with Crippen LogP contribution in [0.1, 0.15) is 25.7 Å². The van der Waals surface area contributed by atoms with Gasteiger partial charge in [-0.3, -0.25) is 0 Å². The number of quaternary nitrogens is 1. The molecule has 0 bridgehead atoms. The summed E-state index contributed by atoms with van der Waals surface area (Å²) in [6.45, 7) is 2.70. The van der Waals surface area contributed by atoms with E-state index in [-0.39, 0.29) is 0 Å². The van der Waals surface area contributed by atoms with Crippen LogP contribution in [0, 0.1) is 18.9 Å². The highest BCUT2D eigenvalue weighted by molar-refractivity contribution is 4.77. The lowest BCUT2D eigenvalue weighted by Gasteiger charge is -2.20. The Bertz CT molecular complexity index is 108. The Balaban J connectivity index is 1.97. The molecule has 58 valence electrons. The number of rotatable bonds is 0. The zero-order chi connectivity index (χ0) is 6.97. The van der Waals surface area contributed by atoms with Crippen molar-refractivity contribution in [2.24, 2.45) is 11.8 Å². The number of hydrogen-bond donors (Lipinski definition) is 1. The molecule has 1 N–H and O–H groups in total. The lowest BCUT2D eigenvalue weighted by atomic mass is 9.82. The second kappa shape index (κ2) is 2.54. The molecule has 0 aromatic heterocycles. The molecule has 0 spiro atoms. The fourth-order valence-electron chi connectivity index (χ4n) is 2.65. The Morgan fingerprint density at radius 2 is 1.50 bits per heavy atom. The molecule has 1 aliphatic carbocycles. The van der Waals surface area contributed by atoms with Crippen molar-refractivity contribution < 1.29 is 4.90 Å². The van der Waals surface area contributed by atoms with Gasteiger partial charge in [-0.2, -0.15) is 7.05 Å². The normalized spacial score (nSPS) is 47.1. The van der Waals surface area contributed by atoms with Crippen molar-refractivity contribution in [2.75, 3.05) is 13.1 Å². The van der Waals surface area contributed by atoms with Crippen LogP contribution in [0.3, 0.4) is 0 Å². The lowest BCUT2D eigenvalue weighted by molar-refractivity contribution is -0.843. The van der Waals surface area contributed by atoms with Crippen LogP contribution in [0.25, 0.3) is 0 Å². The Hall–Kier alpha value is -0.0400. The first kappa shape index (κ1) is 6.66. The maximum absolute atomic E-state index is 4.08. The largest absolute Gasteiger partial charge is 0.467 e. The van der Waals surface area contributed by atoms with Crippen LogP contribution in [0.4, 0.5) is 0 Å². The molecule has 0 aromatic carbocycles. The van der Waals surface area contributed by atoms with Gasteiger partial charge in [-0.15, -0.1) is 0 Å². The van der Waals surface area contributed by atoms with E-state index in [1.807, 2.05) is 0 Å². The highest BCUT2D eigenvalue weighted by Crippen LogP contribution is 2.30. The van der Waals surface area contributed by atoms with Crippen LogP contribution < -0.4 is 4.90 Å². The maximum Gasteiger partial charge on any atom is 0.0563 e. The van der Waals surface area contributed by atoms with Gasteiger partial charge in [0.2, 0.25) is 0 Å². The smallest absolute Gasteiger partial charge is 0.0563 e. The molecule has 1 saturated carbocycles. The van der Waals surface area contributed by atoms with Crippen LogP contribution >= 0.6 is 0 Å². The first-order chi connectivity index (χ1) is 4.86. The average Bonchev–Trinajstić information content (AvgIpc) is 2.27. The summed E-state index contributed by atoms with van der Waals surface area (Å²) in [6.07, 6.45) is 5.94. The Labute approximate surface area is 63.4 Å². The molecular formula is C9H17N. The summed E-state index contributed by atoms with van der Waals surface area (Å²) < 4.78 is 0. The van der Waals surface area contributed by atoms with Crippen molar-refractivity contribution in [1.29, 1.82) is 0 Å². The molecule has 1 heteroatoms. The molecular weight excluding hydrogens is 122 g/mol. The fraction of sp³-hybridized carbons (Fsp3) is 0.889. The first-order valence-electron chi connectivity index (χ1n) is 4.53. The van der Waals surface area contributed by atoms with E-state index >= 15 is 0 Å². The van der Waals surface area contributed by atoms with Crippen LogP contribution in [-0.4, -0.2) is 13.1 Å². The van der Waals surface area contributed by atoms with Gasteiger partial charge < -0.3 is 4.90 Å². The van der Waals surface area contributed by atoms with Gasteiger partial charge in [0.05, 0.1) is 13.1 Å². The van der Waals surface area contributed by atoms with E-state index in [0.29, 0.717) is 0 Å². The summed E-state index contributed by atoms with van der Waals surface area (Å²) in [6, 6.07) is 0. The van der Waals surface area contributed by atoms with Crippen LogP contribution in [0.5, 0.6) is 0 Å². The SMILES string of the molecule is [CH2-][NH+]1CC2CCCCC2C1. The van der Waals surface area contributed by atoms with Gasteiger partial charge in [0.1, 0.15) is 0 Å². The standard InChI is InChI=1S/C9H17N/c1-10-6-8-4-2-3-5-9(8)7-10/h8-10H,1-7H2. The quantitative estimate of drug-likeness (QED) is 0.466. The second-order valence-corrected chi connectivity index (χ2v) is 3.96. The molecule has 0 amide bonds. The van der Waals surface area contributed by atoms with Crippen LogP contribution in [0.15, 0.2) is 0 Å². The van der Waals surface area contributed by atoms with Crippen molar-refractivity contribution in [3.8, 4) is 0 Å². The molecule has 1 nitrogen and oxygen atoms in total. The second-order valence-electron chi connectivity index (χ2n) is 3.96. The van der Waals surface area contributed by atoms with E-state index in [4.69, 9.17) is 0 Å². The number of nitrogens with one attached hydrogen (secondary N) is 1. The van der Waals surface area contributed by atoms with Gasteiger partial charge >= 0.3 is 0 Å². The van der Waals surface area contributed by atoms with E-state index < -0.39 is 0 Å². The molecule has 2 fully saturated rings. The van der Waals surface area contributed by atoms with Crippen molar-refractivity contribution in [3.63, 3.8) is 0 Å². The molecule has 1 aliphatic heterocycles. The third-order valence-corrected chi connectivity index (χ3v) is 3.17. The molecule has 1 saturated heterocycles. The predicted octanol–water partition coefficient (Wildman–Crippen LogP) is 0.483. The Kier molecular flexibility index (Phi) is 1.69. The fourth-order valence-corrected chi connectivity index (χ4v) is 2.65. The molecule has 1 heterocycles. The van der Waals surface area contributed by atoms with Gasteiger partial charge in [0.25, 0.3) is 0 Å².